The molecule has 0 amide bonds. The van der Waals surface area contributed by atoms with Gasteiger partial charge in [0.05, 0.1) is 26.4 Å². The lowest BCUT2D eigenvalue weighted by Gasteiger charge is -2.21. The van der Waals surface area contributed by atoms with Crippen molar-refractivity contribution in [1.29, 1.82) is 0 Å². The molecule has 0 radical (unpaired) electrons. The number of aliphatic hydroxyl groups excluding tert-OH is 1. The predicted octanol–water partition coefficient (Wildman–Crippen LogP) is 21.9. The van der Waals surface area contributed by atoms with Crippen LogP contribution in [0.2, 0.25) is 0 Å². The first-order valence-electron chi connectivity index (χ1n) is 38.1. The van der Waals surface area contributed by atoms with Crippen molar-refractivity contribution >= 4 is 39.5 Å². The van der Waals surface area contributed by atoms with Crippen molar-refractivity contribution in [2.45, 2.75) is 303 Å². The lowest BCUT2D eigenvalue weighted by atomic mass is 10.1. The van der Waals surface area contributed by atoms with Crippen LogP contribution in [0, 0.1) is 0 Å². The van der Waals surface area contributed by atoms with Gasteiger partial charge in [-0.1, -0.05) is 263 Å². The molecule has 570 valence electrons. The van der Waals surface area contributed by atoms with Gasteiger partial charge in [-0.3, -0.25) is 37.3 Å². The van der Waals surface area contributed by atoms with Crippen molar-refractivity contribution in [1.82, 2.24) is 0 Å². The van der Waals surface area contributed by atoms with E-state index < -0.39 is 97.5 Å². The van der Waals surface area contributed by atoms with E-state index in [0.29, 0.717) is 25.7 Å². The van der Waals surface area contributed by atoms with Crippen LogP contribution >= 0.6 is 15.6 Å². The van der Waals surface area contributed by atoms with Crippen molar-refractivity contribution in [3.05, 3.63) is 146 Å². The zero-order valence-corrected chi connectivity index (χ0v) is 63.9. The average molecular weight is 1440 g/mol. The molecule has 5 atom stereocenters. The van der Waals surface area contributed by atoms with Crippen LogP contribution in [0.4, 0.5) is 0 Å². The third-order valence-electron chi connectivity index (χ3n) is 15.3. The number of hydrogen-bond acceptors (Lipinski definition) is 15. The Bertz CT molecular complexity index is 2470. The number of rotatable bonds is 70. The monoisotopic (exact) mass is 1440 g/mol. The Morgan fingerprint density at radius 1 is 0.290 bits per heavy atom. The highest BCUT2D eigenvalue weighted by Crippen LogP contribution is 2.45. The fourth-order valence-corrected chi connectivity index (χ4v) is 11.2. The minimum Gasteiger partial charge on any atom is -0.462 e. The summed E-state index contributed by atoms with van der Waals surface area (Å²) in [7, 11) is -9.98. The summed E-state index contributed by atoms with van der Waals surface area (Å²) in [6, 6.07) is 0. The molecule has 0 bridgehead atoms. The summed E-state index contributed by atoms with van der Waals surface area (Å²) < 4.78 is 68.4. The first-order valence-corrected chi connectivity index (χ1v) is 41.1. The third-order valence-corrected chi connectivity index (χ3v) is 17.2. The number of allylic oxidation sites excluding steroid dienone is 24. The normalized spacial score (nSPS) is 14.8. The molecule has 0 aromatic heterocycles. The van der Waals surface area contributed by atoms with Crippen LogP contribution in [0.25, 0.3) is 0 Å². The largest absolute Gasteiger partial charge is 0.472 e. The van der Waals surface area contributed by atoms with Crippen LogP contribution in [0.3, 0.4) is 0 Å². The van der Waals surface area contributed by atoms with Crippen LogP contribution in [0.15, 0.2) is 146 Å². The maximum absolute atomic E-state index is 13.1. The standard InChI is InChI=1S/C81H134O17P2/c1-5-9-13-17-21-25-29-32-35-37-40-43-47-50-54-58-62-66-79(84)92-72-77(98-81(86)68-64-60-56-52-48-44-41-38-36-33-30-26-22-18-14-10-6-2)74-96-100(89,90)94-70-75(82)69-93-99(87,88)95-73-76(97-80(85)67-63-59-55-51-45-28-24-20-16-12-8-4)71-91-78(83)65-61-57-53-49-46-42-39-34-31-27-23-19-15-11-7-3/h9-11,13-15,21-23,25-27,32-36,39-41,43-44,46,49,75-77,82H,5-8,12,16-20,24,28-31,37-38,42,45,47-48,50-74H2,1-4H3,(H,87,88)(H,89,90)/b13-9-,14-10-,15-11-,25-21-,26-22-,27-23-,35-32-,36-33-,39-34-,43-40-,44-41-,49-46-. The molecule has 0 spiro atoms. The quantitative estimate of drug-likeness (QED) is 0.0169. The van der Waals surface area contributed by atoms with Gasteiger partial charge in [0.25, 0.3) is 0 Å². The predicted molar refractivity (Wildman–Crippen MR) is 408 cm³/mol. The SMILES string of the molecule is CC/C=C\C/C=C\C/C=C\C/C=C\CCCCCCC(=O)OCC(COP(=O)(O)OCC(O)COP(=O)(O)OCC(COC(=O)CCCC/C=C\C/C=C\C/C=C\C/C=C\CC)OC(=O)CCCCCCCCCCCCC)OC(=O)CCCCCC/C=C\C/C=C\C/C=C\C/C=C\CC. The maximum atomic E-state index is 13.1. The van der Waals surface area contributed by atoms with Gasteiger partial charge in [-0.15, -0.1) is 0 Å². The number of phosphoric acid groups is 2. The van der Waals surface area contributed by atoms with E-state index in [1.165, 1.54) is 38.5 Å². The molecule has 0 aliphatic rings. The molecule has 0 aromatic rings. The molecule has 0 saturated heterocycles. The number of unbranched alkanes of at least 4 members (excludes halogenated alkanes) is 20. The van der Waals surface area contributed by atoms with E-state index in [2.05, 4.69) is 174 Å². The van der Waals surface area contributed by atoms with Gasteiger partial charge in [-0.25, -0.2) is 9.13 Å². The second kappa shape index (κ2) is 72.3. The van der Waals surface area contributed by atoms with Crippen molar-refractivity contribution in [2.24, 2.45) is 0 Å². The molecule has 3 N–H and O–H groups in total. The van der Waals surface area contributed by atoms with Crippen LogP contribution in [-0.2, 0) is 65.4 Å². The fourth-order valence-electron chi connectivity index (χ4n) is 9.60. The second-order valence-corrected chi connectivity index (χ2v) is 27.7. The molecule has 5 unspecified atom stereocenters. The van der Waals surface area contributed by atoms with Gasteiger partial charge in [0.15, 0.2) is 12.2 Å². The first-order chi connectivity index (χ1) is 48.7. The van der Waals surface area contributed by atoms with E-state index in [-0.39, 0.29) is 25.7 Å². The Kier molecular flexibility index (Phi) is 68.6. The number of ether oxygens (including phenoxy) is 4. The Hall–Kier alpha value is -5.06. The Morgan fingerprint density at radius 3 is 0.820 bits per heavy atom. The molecule has 0 saturated carbocycles. The molecule has 0 aliphatic heterocycles. The van der Waals surface area contributed by atoms with Gasteiger partial charge < -0.3 is 33.8 Å². The zero-order chi connectivity index (χ0) is 73.2. The second-order valence-electron chi connectivity index (χ2n) is 24.8. The van der Waals surface area contributed by atoms with E-state index in [9.17, 15) is 43.2 Å². The van der Waals surface area contributed by atoms with Gasteiger partial charge in [0, 0.05) is 25.7 Å². The van der Waals surface area contributed by atoms with Gasteiger partial charge in [0.2, 0.25) is 0 Å². The smallest absolute Gasteiger partial charge is 0.462 e. The highest BCUT2D eigenvalue weighted by Gasteiger charge is 2.30. The molecule has 0 rings (SSSR count). The van der Waals surface area contributed by atoms with Crippen molar-refractivity contribution in [2.75, 3.05) is 39.6 Å². The molecule has 0 heterocycles. The van der Waals surface area contributed by atoms with Crippen LogP contribution in [-0.4, -0.2) is 96.7 Å². The minimum absolute atomic E-state index is 0.0561. The molecule has 0 aliphatic carbocycles. The van der Waals surface area contributed by atoms with Crippen LogP contribution in [0.1, 0.15) is 285 Å². The van der Waals surface area contributed by atoms with Crippen LogP contribution in [0.5, 0.6) is 0 Å². The Morgan fingerprint density at radius 2 is 0.520 bits per heavy atom. The number of phosphoric ester groups is 2. The minimum atomic E-state index is -4.99. The molecule has 17 nitrogen and oxygen atoms in total. The summed E-state index contributed by atoms with van der Waals surface area (Å²) in [5, 5.41) is 10.6. The highest BCUT2D eigenvalue weighted by molar-refractivity contribution is 7.47. The van der Waals surface area contributed by atoms with E-state index in [1.54, 1.807) is 0 Å². The third kappa shape index (κ3) is 71.3. The van der Waals surface area contributed by atoms with E-state index in [1.807, 2.05) is 0 Å². The van der Waals surface area contributed by atoms with E-state index in [0.717, 1.165) is 167 Å². The molecule has 0 aromatic carbocycles. The van der Waals surface area contributed by atoms with Crippen molar-refractivity contribution < 1.29 is 80.2 Å². The van der Waals surface area contributed by atoms with Gasteiger partial charge >= 0.3 is 39.5 Å². The van der Waals surface area contributed by atoms with Crippen LogP contribution < -0.4 is 0 Å². The zero-order valence-electron chi connectivity index (χ0n) is 62.1. The van der Waals surface area contributed by atoms with Gasteiger partial charge in [-0.05, 0) is 141 Å². The summed E-state index contributed by atoms with van der Waals surface area (Å²) in [6.45, 7) is 4.41. The summed E-state index contributed by atoms with van der Waals surface area (Å²) in [5.74, 6) is -2.28. The highest BCUT2D eigenvalue weighted by atomic mass is 31.2. The molecular weight excluding hydrogens is 1310 g/mol. The van der Waals surface area contributed by atoms with E-state index >= 15 is 0 Å². The molecule has 19 heteroatoms. The van der Waals surface area contributed by atoms with Gasteiger partial charge in [0.1, 0.15) is 19.3 Å². The average Bonchev–Trinajstić information content (AvgIpc) is 1.00. The lowest BCUT2D eigenvalue weighted by Crippen LogP contribution is -2.30. The summed E-state index contributed by atoms with van der Waals surface area (Å²) >= 11 is 0. The Balaban J connectivity index is 5.42. The number of esters is 4. The topological polar surface area (TPSA) is 237 Å². The molecular formula is C81H134O17P2. The number of carbonyl (C=O) groups excluding carboxylic acids is 4. The molecule has 0 fully saturated rings. The molecule has 100 heavy (non-hydrogen) atoms. The first kappa shape index (κ1) is 94.9. The Labute approximate surface area is 605 Å². The lowest BCUT2D eigenvalue weighted by molar-refractivity contribution is -0.161. The number of aliphatic hydroxyl groups is 1. The summed E-state index contributed by atoms with van der Waals surface area (Å²) in [4.78, 5) is 72.8. The fraction of sp³-hybridized carbons (Fsp3) is 0.654. The van der Waals surface area contributed by atoms with Crippen molar-refractivity contribution in [3.8, 4) is 0 Å². The number of carbonyl (C=O) groups is 4. The number of hydrogen-bond donors (Lipinski definition) is 3. The van der Waals surface area contributed by atoms with Crippen molar-refractivity contribution in [3.63, 3.8) is 0 Å². The van der Waals surface area contributed by atoms with Gasteiger partial charge in [-0.2, -0.15) is 0 Å². The van der Waals surface area contributed by atoms with E-state index in [4.69, 9.17) is 37.0 Å². The maximum Gasteiger partial charge on any atom is 0.472 e. The summed E-state index contributed by atoms with van der Waals surface area (Å²) in [6.07, 6.45) is 81.3. The summed E-state index contributed by atoms with van der Waals surface area (Å²) in [5.41, 5.74) is 0.